The number of imidazole rings is 1. The van der Waals surface area contributed by atoms with E-state index in [0.29, 0.717) is 10.4 Å². The van der Waals surface area contributed by atoms with Crippen molar-refractivity contribution < 1.29 is 19.4 Å². The molecule has 0 aliphatic heterocycles. The minimum Gasteiger partial charge on any atom is -0.507 e. The van der Waals surface area contributed by atoms with E-state index in [2.05, 4.69) is 9.97 Å². The zero-order valence-electron chi connectivity index (χ0n) is 14.1. The van der Waals surface area contributed by atoms with Gasteiger partial charge in [-0.05, 0) is 23.6 Å². The average molecular weight is 381 g/mol. The van der Waals surface area contributed by atoms with Gasteiger partial charge in [0, 0.05) is 6.42 Å². The molecule has 0 radical (unpaired) electrons. The monoisotopic (exact) mass is 381 g/mol. The number of thiophene rings is 1. The maximum absolute atomic E-state index is 11.9. The number of aliphatic hydroxyl groups is 1. The fraction of sp³-hybridized carbons (Fsp3) is 0.158. The second kappa shape index (κ2) is 8.29. The number of rotatable bonds is 7. The number of allylic oxidation sites excluding steroid dienone is 1. The van der Waals surface area contributed by atoms with Crippen molar-refractivity contribution in [2.45, 2.75) is 12.8 Å². The van der Waals surface area contributed by atoms with Gasteiger partial charge >= 0.3 is 5.97 Å². The Balaban J connectivity index is 1.60. The largest absolute Gasteiger partial charge is 0.507 e. The van der Waals surface area contributed by atoms with Crippen molar-refractivity contribution in [3.05, 3.63) is 58.2 Å². The van der Waals surface area contributed by atoms with Crippen LogP contribution in [0.1, 0.15) is 28.3 Å². The molecule has 2 N–H and O–H groups in total. The Hall–Kier alpha value is -3.44. The second-order valence-electron chi connectivity index (χ2n) is 5.60. The Bertz CT molecular complexity index is 1010. The molecule has 0 amide bonds. The number of aromatic nitrogens is 2. The number of para-hydroxylation sites is 2. The normalized spacial score (nSPS) is 11.7. The number of carbonyl (C=O) groups excluding carboxylic acids is 2. The van der Waals surface area contributed by atoms with Gasteiger partial charge in [-0.15, -0.1) is 11.3 Å². The summed E-state index contributed by atoms with van der Waals surface area (Å²) in [5.74, 6) is -0.982. The van der Waals surface area contributed by atoms with E-state index >= 15 is 0 Å². The Morgan fingerprint density at radius 2 is 2.04 bits per heavy atom. The minimum absolute atomic E-state index is 0.0263. The van der Waals surface area contributed by atoms with Gasteiger partial charge in [0.15, 0.2) is 17.4 Å². The van der Waals surface area contributed by atoms with Crippen molar-refractivity contribution in [3.63, 3.8) is 0 Å². The lowest BCUT2D eigenvalue weighted by Crippen LogP contribution is -2.10. The minimum atomic E-state index is -0.631. The smallest absolute Gasteiger partial charge is 0.306 e. The molecule has 2 heterocycles. The van der Waals surface area contributed by atoms with Gasteiger partial charge in [-0.2, -0.15) is 5.26 Å². The van der Waals surface area contributed by atoms with Gasteiger partial charge in [0.1, 0.15) is 18.2 Å². The number of nitrogens with zero attached hydrogens (tertiary/aromatic N) is 2. The Morgan fingerprint density at radius 1 is 1.22 bits per heavy atom. The van der Waals surface area contributed by atoms with Crippen LogP contribution in [0.4, 0.5) is 0 Å². The third-order valence-corrected chi connectivity index (χ3v) is 4.66. The molecule has 3 aromatic rings. The number of carbonyl (C=O) groups is 2. The van der Waals surface area contributed by atoms with Crippen LogP contribution in [0.2, 0.25) is 0 Å². The number of benzene rings is 1. The molecule has 0 aliphatic rings. The number of ether oxygens (including phenoxy) is 1. The van der Waals surface area contributed by atoms with Crippen LogP contribution in [-0.4, -0.2) is 33.4 Å². The van der Waals surface area contributed by atoms with Crippen molar-refractivity contribution in [2.24, 2.45) is 0 Å². The first-order valence-electron chi connectivity index (χ1n) is 8.08. The molecule has 1 aromatic carbocycles. The summed E-state index contributed by atoms with van der Waals surface area (Å²) in [5, 5.41) is 21.2. The number of hydrogen-bond acceptors (Lipinski definition) is 7. The standard InChI is InChI=1S/C19H15N3O4S/c20-10-12(19-21-13-4-1-2-5-14(13)22-19)16(24)11-26-18(25)8-7-15(23)17-6-3-9-27-17/h1-6,9,24H,7-8,11H2,(H,21,22)/b16-12-. The van der Waals surface area contributed by atoms with Gasteiger partial charge in [0.25, 0.3) is 0 Å². The van der Waals surface area contributed by atoms with E-state index in [1.165, 1.54) is 11.3 Å². The molecule has 0 fully saturated rings. The van der Waals surface area contributed by atoms with Gasteiger partial charge in [0.2, 0.25) is 0 Å². The first-order chi connectivity index (χ1) is 13.1. The lowest BCUT2D eigenvalue weighted by Gasteiger charge is -2.05. The Morgan fingerprint density at radius 3 is 2.74 bits per heavy atom. The van der Waals surface area contributed by atoms with Crippen molar-refractivity contribution in [3.8, 4) is 6.07 Å². The second-order valence-corrected chi connectivity index (χ2v) is 6.54. The molecule has 0 unspecified atom stereocenters. The summed E-state index contributed by atoms with van der Waals surface area (Å²) < 4.78 is 4.96. The van der Waals surface area contributed by atoms with Crippen LogP contribution in [0.3, 0.4) is 0 Å². The van der Waals surface area contributed by atoms with E-state index in [9.17, 15) is 20.0 Å². The van der Waals surface area contributed by atoms with Crippen molar-refractivity contribution in [2.75, 3.05) is 6.61 Å². The summed E-state index contributed by atoms with van der Waals surface area (Å²) in [4.78, 5) is 31.4. The molecule has 0 bridgehead atoms. The molecule has 0 aliphatic carbocycles. The predicted octanol–water partition coefficient (Wildman–Crippen LogP) is 3.62. The molecular formula is C19H15N3O4S. The fourth-order valence-corrected chi connectivity index (χ4v) is 3.09. The topological polar surface area (TPSA) is 116 Å². The molecule has 0 saturated carbocycles. The van der Waals surface area contributed by atoms with Crippen LogP contribution in [0.15, 0.2) is 47.5 Å². The summed E-state index contributed by atoms with van der Waals surface area (Å²) in [6, 6.07) is 12.5. The number of aromatic amines is 1. The van der Waals surface area contributed by atoms with Crippen molar-refractivity contribution in [1.82, 2.24) is 9.97 Å². The van der Waals surface area contributed by atoms with Crippen LogP contribution >= 0.6 is 11.3 Å². The number of hydrogen-bond donors (Lipinski definition) is 2. The third-order valence-electron chi connectivity index (χ3n) is 3.75. The van der Waals surface area contributed by atoms with Crippen molar-refractivity contribution >= 4 is 39.7 Å². The maximum atomic E-state index is 11.9. The Kier molecular flexibility index (Phi) is 5.64. The number of Topliss-reactive ketones (excluding diaryl/α,β-unsaturated/α-hetero) is 1. The van der Waals surface area contributed by atoms with Gasteiger partial charge in [0.05, 0.1) is 22.3 Å². The highest BCUT2D eigenvalue weighted by Crippen LogP contribution is 2.19. The van der Waals surface area contributed by atoms with Crippen LogP contribution < -0.4 is 0 Å². The number of nitrogens with one attached hydrogen (secondary N) is 1. The van der Waals surface area contributed by atoms with Crippen molar-refractivity contribution in [1.29, 1.82) is 5.26 Å². The molecule has 8 heteroatoms. The summed E-state index contributed by atoms with van der Waals surface area (Å²) in [6.07, 6.45) is -0.0744. The molecule has 136 valence electrons. The summed E-state index contributed by atoms with van der Waals surface area (Å²) in [7, 11) is 0. The van der Waals surface area contributed by atoms with E-state index in [4.69, 9.17) is 4.74 Å². The lowest BCUT2D eigenvalue weighted by molar-refractivity contribution is -0.143. The number of esters is 1. The van der Waals surface area contributed by atoms with Crippen LogP contribution in [0, 0.1) is 11.3 Å². The number of nitriles is 1. The third kappa shape index (κ3) is 4.40. The molecular weight excluding hydrogens is 366 g/mol. The quantitative estimate of drug-likeness (QED) is 0.279. The number of aliphatic hydroxyl groups excluding tert-OH is 1. The Labute approximate surface area is 158 Å². The fourth-order valence-electron chi connectivity index (χ4n) is 2.39. The van der Waals surface area contributed by atoms with E-state index in [-0.39, 0.29) is 30.0 Å². The summed E-state index contributed by atoms with van der Waals surface area (Å²) >= 11 is 1.31. The molecule has 0 spiro atoms. The number of ketones is 1. The van der Waals surface area contributed by atoms with E-state index in [0.717, 1.165) is 5.52 Å². The molecule has 0 saturated heterocycles. The van der Waals surface area contributed by atoms with Gasteiger partial charge in [-0.3, -0.25) is 9.59 Å². The molecule has 3 rings (SSSR count). The number of H-pyrrole nitrogens is 1. The molecule has 0 atom stereocenters. The van der Waals surface area contributed by atoms with Crippen LogP contribution in [-0.2, 0) is 9.53 Å². The highest BCUT2D eigenvalue weighted by molar-refractivity contribution is 7.12. The molecule has 2 aromatic heterocycles. The lowest BCUT2D eigenvalue weighted by atomic mass is 10.2. The highest BCUT2D eigenvalue weighted by atomic mass is 32.1. The van der Waals surface area contributed by atoms with E-state index < -0.39 is 18.3 Å². The molecule has 27 heavy (non-hydrogen) atoms. The summed E-state index contributed by atoms with van der Waals surface area (Å²) in [5.41, 5.74) is 1.27. The average Bonchev–Trinajstić information content (AvgIpc) is 3.34. The maximum Gasteiger partial charge on any atom is 0.306 e. The zero-order chi connectivity index (χ0) is 19.2. The van der Waals surface area contributed by atoms with E-state index in [1.807, 2.05) is 18.2 Å². The SMILES string of the molecule is N#C/C(=C(/O)COC(=O)CCC(=O)c1cccs1)c1nc2ccccc2[nH]1. The van der Waals surface area contributed by atoms with Gasteiger partial charge in [-0.1, -0.05) is 18.2 Å². The van der Waals surface area contributed by atoms with Crippen LogP contribution in [0.25, 0.3) is 16.6 Å². The highest BCUT2D eigenvalue weighted by Gasteiger charge is 2.16. The van der Waals surface area contributed by atoms with Gasteiger partial charge < -0.3 is 14.8 Å². The zero-order valence-corrected chi connectivity index (χ0v) is 15.0. The van der Waals surface area contributed by atoms with Gasteiger partial charge in [-0.25, -0.2) is 4.98 Å². The van der Waals surface area contributed by atoms with Crippen LogP contribution in [0.5, 0.6) is 0 Å². The first-order valence-corrected chi connectivity index (χ1v) is 8.96. The van der Waals surface area contributed by atoms with E-state index in [1.54, 1.807) is 29.6 Å². The predicted molar refractivity (Wildman–Crippen MR) is 100 cm³/mol. The first kappa shape index (κ1) is 18.4. The summed E-state index contributed by atoms with van der Waals surface area (Å²) in [6.45, 7) is -0.466. The molecule has 7 nitrogen and oxygen atoms in total. The number of fused-ring (bicyclic) bond motifs is 1.